The summed E-state index contributed by atoms with van der Waals surface area (Å²) < 4.78 is 36.2. The van der Waals surface area contributed by atoms with Gasteiger partial charge in [-0.2, -0.15) is 13.2 Å². The smallest absolute Gasteiger partial charge is 0.311 e. The second-order valence-corrected chi connectivity index (χ2v) is 4.45. The van der Waals surface area contributed by atoms with Gasteiger partial charge in [0.25, 0.3) is 5.56 Å². The molecule has 0 bridgehead atoms. The molecule has 1 aromatic rings. The van der Waals surface area contributed by atoms with Gasteiger partial charge in [0.1, 0.15) is 5.82 Å². The maximum Gasteiger partial charge on any atom is 0.389 e. The first-order valence-electron chi connectivity index (χ1n) is 5.82. The molecule has 0 aromatic carbocycles. The Morgan fingerprint density at radius 2 is 2.17 bits per heavy atom. The fraction of sp³-hybridized carbons (Fsp3) is 0.636. The quantitative estimate of drug-likeness (QED) is 0.844. The molecular weight excluding hydrogens is 247 g/mol. The van der Waals surface area contributed by atoms with Crippen LogP contribution in [0.4, 0.5) is 13.2 Å². The number of alkyl halides is 3. The van der Waals surface area contributed by atoms with Gasteiger partial charge in [-0.05, 0) is 12.8 Å². The van der Waals surface area contributed by atoms with Gasteiger partial charge in [0.05, 0.1) is 12.1 Å². The summed E-state index contributed by atoms with van der Waals surface area (Å²) >= 11 is 0. The first-order chi connectivity index (χ1) is 8.42. The molecule has 1 saturated carbocycles. The predicted octanol–water partition coefficient (Wildman–Crippen LogP) is 1.52. The summed E-state index contributed by atoms with van der Waals surface area (Å²) in [7, 11) is 0. The summed E-state index contributed by atoms with van der Waals surface area (Å²) in [6.45, 7) is 0.424. The number of halogens is 3. The van der Waals surface area contributed by atoms with Crippen molar-refractivity contribution in [1.29, 1.82) is 0 Å². The van der Waals surface area contributed by atoms with E-state index in [-0.39, 0.29) is 12.2 Å². The molecule has 0 spiro atoms. The third kappa shape index (κ3) is 4.48. The lowest BCUT2D eigenvalue weighted by molar-refractivity contribution is -0.134. The number of nitrogens with one attached hydrogen (secondary N) is 2. The number of aromatic amines is 1. The van der Waals surface area contributed by atoms with Crippen molar-refractivity contribution in [3.63, 3.8) is 0 Å². The van der Waals surface area contributed by atoms with Crippen molar-refractivity contribution in [3.8, 4) is 0 Å². The molecule has 0 amide bonds. The molecule has 1 fully saturated rings. The molecule has 1 aromatic heterocycles. The summed E-state index contributed by atoms with van der Waals surface area (Å²) in [6.07, 6.45) is -3.31. The molecular formula is C11H14F3N3O. The average molecular weight is 261 g/mol. The van der Waals surface area contributed by atoms with Crippen LogP contribution in [0.2, 0.25) is 0 Å². The Hall–Kier alpha value is -1.37. The van der Waals surface area contributed by atoms with Crippen LogP contribution in [-0.2, 0) is 13.0 Å². The van der Waals surface area contributed by atoms with Gasteiger partial charge in [0, 0.05) is 25.1 Å². The molecule has 2 rings (SSSR count). The predicted molar refractivity (Wildman–Crippen MR) is 59.1 cm³/mol. The Bertz CT molecular complexity index is 465. The molecule has 100 valence electrons. The number of aryl methyl sites for hydroxylation is 1. The first kappa shape index (κ1) is 13.1. The summed E-state index contributed by atoms with van der Waals surface area (Å²) in [4.78, 5) is 17.6. The van der Waals surface area contributed by atoms with Gasteiger partial charge in [-0.15, -0.1) is 0 Å². The lowest BCUT2D eigenvalue weighted by Gasteiger charge is -2.07. The van der Waals surface area contributed by atoms with Crippen molar-refractivity contribution in [2.75, 3.05) is 0 Å². The monoisotopic (exact) mass is 261 g/mol. The molecule has 1 aliphatic carbocycles. The van der Waals surface area contributed by atoms with Gasteiger partial charge in [-0.1, -0.05) is 0 Å². The highest BCUT2D eigenvalue weighted by molar-refractivity contribution is 5.03. The van der Waals surface area contributed by atoms with Gasteiger partial charge in [-0.25, -0.2) is 4.98 Å². The normalized spacial score (nSPS) is 15.9. The van der Waals surface area contributed by atoms with Crippen LogP contribution in [0.15, 0.2) is 10.9 Å². The Balaban J connectivity index is 1.98. The van der Waals surface area contributed by atoms with E-state index in [9.17, 15) is 18.0 Å². The van der Waals surface area contributed by atoms with Crippen LogP contribution < -0.4 is 10.9 Å². The highest BCUT2D eigenvalue weighted by Gasteiger charge is 2.27. The van der Waals surface area contributed by atoms with E-state index >= 15 is 0 Å². The van der Waals surface area contributed by atoms with E-state index in [1.807, 2.05) is 0 Å². The van der Waals surface area contributed by atoms with E-state index < -0.39 is 18.2 Å². The second-order valence-electron chi connectivity index (χ2n) is 4.45. The number of rotatable bonds is 5. The highest BCUT2D eigenvalue weighted by atomic mass is 19.4. The molecule has 2 N–H and O–H groups in total. The molecule has 0 atom stereocenters. The van der Waals surface area contributed by atoms with Gasteiger partial charge >= 0.3 is 6.18 Å². The molecule has 1 aliphatic rings. The third-order valence-corrected chi connectivity index (χ3v) is 2.64. The average Bonchev–Trinajstić information content (AvgIpc) is 3.06. The molecule has 0 aliphatic heterocycles. The maximum atomic E-state index is 12.1. The Kier molecular flexibility index (Phi) is 3.70. The van der Waals surface area contributed by atoms with E-state index in [4.69, 9.17) is 0 Å². The van der Waals surface area contributed by atoms with Gasteiger partial charge in [0.2, 0.25) is 0 Å². The second kappa shape index (κ2) is 5.09. The van der Waals surface area contributed by atoms with Crippen LogP contribution in [-0.4, -0.2) is 22.2 Å². The zero-order chi connectivity index (χ0) is 13.2. The molecule has 18 heavy (non-hydrogen) atoms. The zero-order valence-electron chi connectivity index (χ0n) is 9.68. The van der Waals surface area contributed by atoms with E-state index in [0.29, 0.717) is 18.3 Å². The van der Waals surface area contributed by atoms with Crippen LogP contribution in [0, 0.1) is 0 Å². The van der Waals surface area contributed by atoms with Gasteiger partial charge in [-0.3, -0.25) is 4.79 Å². The Morgan fingerprint density at radius 1 is 1.44 bits per heavy atom. The Morgan fingerprint density at radius 3 is 2.78 bits per heavy atom. The number of H-pyrrole nitrogens is 1. The number of hydrogen-bond donors (Lipinski definition) is 2. The van der Waals surface area contributed by atoms with E-state index in [2.05, 4.69) is 15.3 Å². The molecule has 0 saturated heterocycles. The fourth-order valence-corrected chi connectivity index (χ4v) is 1.57. The van der Waals surface area contributed by atoms with Gasteiger partial charge < -0.3 is 10.3 Å². The molecule has 0 unspecified atom stereocenters. The van der Waals surface area contributed by atoms with Crippen molar-refractivity contribution < 1.29 is 13.2 Å². The van der Waals surface area contributed by atoms with Crippen molar-refractivity contribution in [3.05, 3.63) is 27.9 Å². The maximum absolute atomic E-state index is 12.1. The van der Waals surface area contributed by atoms with Crippen LogP contribution in [0.25, 0.3) is 0 Å². The first-order valence-corrected chi connectivity index (χ1v) is 5.82. The highest BCUT2D eigenvalue weighted by Crippen LogP contribution is 2.21. The van der Waals surface area contributed by atoms with Gasteiger partial charge in [0.15, 0.2) is 0 Å². The summed E-state index contributed by atoms with van der Waals surface area (Å²) in [6, 6.07) is 1.77. The minimum atomic E-state index is -4.24. The van der Waals surface area contributed by atoms with Crippen molar-refractivity contribution in [1.82, 2.24) is 15.3 Å². The fourth-order valence-electron chi connectivity index (χ4n) is 1.57. The minimum Gasteiger partial charge on any atom is -0.311 e. The number of hydrogen-bond acceptors (Lipinski definition) is 3. The molecule has 0 radical (unpaired) electrons. The molecule has 1 heterocycles. The van der Waals surface area contributed by atoms with Crippen molar-refractivity contribution in [2.24, 2.45) is 0 Å². The zero-order valence-corrected chi connectivity index (χ0v) is 9.68. The minimum absolute atomic E-state index is 0.0902. The van der Waals surface area contributed by atoms with Crippen LogP contribution in [0.5, 0.6) is 0 Å². The van der Waals surface area contributed by atoms with E-state index in [1.165, 1.54) is 6.07 Å². The largest absolute Gasteiger partial charge is 0.389 e. The van der Waals surface area contributed by atoms with Crippen molar-refractivity contribution in [2.45, 2.75) is 44.4 Å². The number of nitrogens with zero attached hydrogens (tertiary/aromatic N) is 1. The van der Waals surface area contributed by atoms with Crippen LogP contribution in [0.3, 0.4) is 0 Å². The topological polar surface area (TPSA) is 57.8 Å². The third-order valence-electron chi connectivity index (χ3n) is 2.64. The molecule has 4 nitrogen and oxygen atoms in total. The standard InChI is InChI=1S/C11H14F3N3O/c12-11(13,14)4-3-9-16-8(5-10(18)17-9)6-15-7-1-2-7/h5,7,15H,1-4,6H2,(H,16,17,18). The summed E-state index contributed by atoms with van der Waals surface area (Å²) in [5.41, 5.74) is 0.0811. The van der Waals surface area contributed by atoms with E-state index in [0.717, 1.165) is 12.8 Å². The van der Waals surface area contributed by atoms with Crippen LogP contribution in [0.1, 0.15) is 30.8 Å². The van der Waals surface area contributed by atoms with E-state index in [1.54, 1.807) is 0 Å². The number of aromatic nitrogens is 2. The lowest BCUT2D eigenvalue weighted by atomic mass is 10.2. The van der Waals surface area contributed by atoms with Crippen LogP contribution >= 0.6 is 0 Å². The lowest BCUT2D eigenvalue weighted by Crippen LogP contribution is -2.21. The Labute approximate surface area is 102 Å². The molecule has 7 heteroatoms. The SMILES string of the molecule is O=c1cc(CNC2CC2)nc(CCC(F)(F)F)[nH]1. The summed E-state index contributed by atoms with van der Waals surface area (Å²) in [5.74, 6) is 0.0902. The summed E-state index contributed by atoms with van der Waals surface area (Å²) in [5, 5.41) is 3.16. The van der Waals surface area contributed by atoms with Crippen molar-refractivity contribution >= 4 is 0 Å².